The van der Waals surface area contributed by atoms with E-state index in [1.54, 1.807) is 30.3 Å². The van der Waals surface area contributed by atoms with Crippen LogP contribution in [0, 0.1) is 11.3 Å². The van der Waals surface area contributed by atoms with Gasteiger partial charge in [0, 0.05) is 30.5 Å². The summed E-state index contributed by atoms with van der Waals surface area (Å²) in [5, 5.41) is 9.27. The summed E-state index contributed by atoms with van der Waals surface area (Å²) < 4.78 is 30.7. The van der Waals surface area contributed by atoms with E-state index in [2.05, 4.69) is 20.4 Å². The van der Waals surface area contributed by atoms with Crippen molar-refractivity contribution in [2.45, 2.75) is 19.0 Å². The quantitative estimate of drug-likeness (QED) is 0.642. The van der Waals surface area contributed by atoms with Gasteiger partial charge in [-0.05, 0) is 47.9 Å². The number of benzene rings is 3. The Kier molecular flexibility index (Phi) is 5.70. The first-order chi connectivity index (χ1) is 14.5. The first-order valence-electron chi connectivity index (χ1n) is 9.69. The zero-order valence-electron chi connectivity index (χ0n) is 16.3. The maximum absolute atomic E-state index is 12.7. The van der Waals surface area contributed by atoms with Gasteiger partial charge in [-0.3, -0.25) is 4.72 Å². The third-order valence-corrected chi connectivity index (χ3v) is 6.17. The Morgan fingerprint density at radius 3 is 2.40 bits per heavy atom. The number of fused-ring (bicyclic) bond motifs is 1. The van der Waals surface area contributed by atoms with Crippen molar-refractivity contribution >= 4 is 21.6 Å². The topological polar surface area (TPSA) is 85.2 Å². The molecule has 1 aliphatic heterocycles. The molecule has 6 nitrogen and oxygen atoms in total. The molecule has 0 spiro atoms. The predicted octanol–water partition coefficient (Wildman–Crippen LogP) is 3.44. The van der Waals surface area contributed by atoms with Crippen molar-refractivity contribution < 1.29 is 8.42 Å². The van der Waals surface area contributed by atoms with Crippen molar-refractivity contribution in [3.05, 3.63) is 95.6 Å². The van der Waals surface area contributed by atoms with Crippen molar-refractivity contribution in [3.63, 3.8) is 0 Å². The van der Waals surface area contributed by atoms with Crippen molar-refractivity contribution in [2.75, 3.05) is 16.2 Å². The summed E-state index contributed by atoms with van der Waals surface area (Å²) in [5.41, 5.74) is 4.21. The second-order valence-corrected chi connectivity index (χ2v) is 8.76. The summed E-state index contributed by atoms with van der Waals surface area (Å²) in [7, 11) is -3.74. The number of anilines is 2. The van der Waals surface area contributed by atoms with Crippen LogP contribution in [0.4, 0.5) is 11.4 Å². The Morgan fingerprint density at radius 2 is 1.70 bits per heavy atom. The zero-order valence-corrected chi connectivity index (χ0v) is 17.1. The molecule has 3 aromatic carbocycles. The van der Waals surface area contributed by atoms with E-state index in [4.69, 9.17) is 0 Å². The number of nitrogens with zero attached hydrogens (tertiary/aromatic N) is 2. The zero-order chi connectivity index (χ0) is 21.0. The monoisotopic (exact) mass is 418 g/mol. The van der Waals surface area contributed by atoms with Gasteiger partial charge in [-0.25, -0.2) is 0 Å². The van der Waals surface area contributed by atoms with Gasteiger partial charge in [0.05, 0.1) is 11.6 Å². The number of hydrogen-bond donors (Lipinski definition) is 2. The second kappa shape index (κ2) is 8.57. The van der Waals surface area contributed by atoms with E-state index in [-0.39, 0.29) is 6.04 Å². The molecule has 152 valence electrons. The molecular weight excluding hydrogens is 396 g/mol. The van der Waals surface area contributed by atoms with Gasteiger partial charge in [0.2, 0.25) is 0 Å². The number of rotatable bonds is 6. The molecule has 1 atom stereocenters. The van der Waals surface area contributed by atoms with Crippen LogP contribution < -0.4 is 14.3 Å². The highest BCUT2D eigenvalue weighted by Gasteiger charge is 2.28. The molecule has 1 aliphatic rings. The van der Waals surface area contributed by atoms with Gasteiger partial charge in [0.1, 0.15) is 0 Å². The predicted molar refractivity (Wildman–Crippen MR) is 118 cm³/mol. The molecule has 0 bridgehead atoms. The lowest BCUT2D eigenvalue weighted by Crippen LogP contribution is -2.49. The fourth-order valence-corrected chi connectivity index (χ4v) is 4.87. The lowest BCUT2D eigenvalue weighted by molar-refractivity contribution is 0.528. The SMILES string of the molecule is N#Cc1ccc2c(c1)CC(NS(=O)(=O)Nc1ccccc1)CN2Cc1ccccc1. The molecule has 7 heteroatoms. The molecule has 30 heavy (non-hydrogen) atoms. The van der Waals surface area contributed by atoms with Gasteiger partial charge < -0.3 is 4.90 Å². The number of para-hydroxylation sites is 1. The van der Waals surface area contributed by atoms with E-state index < -0.39 is 10.2 Å². The highest BCUT2D eigenvalue weighted by Crippen LogP contribution is 2.30. The van der Waals surface area contributed by atoms with E-state index in [9.17, 15) is 13.7 Å². The third-order valence-electron chi connectivity index (χ3n) is 5.02. The lowest BCUT2D eigenvalue weighted by atomic mass is 9.96. The van der Waals surface area contributed by atoms with Gasteiger partial charge in [-0.2, -0.15) is 18.4 Å². The fourth-order valence-electron chi connectivity index (χ4n) is 3.76. The van der Waals surface area contributed by atoms with Crippen LogP contribution in [0.15, 0.2) is 78.9 Å². The third kappa shape index (κ3) is 4.79. The highest BCUT2D eigenvalue weighted by atomic mass is 32.2. The molecule has 3 aromatic rings. The summed E-state index contributed by atoms with van der Waals surface area (Å²) in [6.45, 7) is 1.19. The summed E-state index contributed by atoms with van der Waals surface area (Å²) in [6, 6.07) is 26.3. The van der Waals surface area contributed by atoms with Crippen LogP contribution in [0.25, 0.3) is 0 Å². The summed E-state index contributed by atoms with van der Waals surface area (Å²) in [4.78, 5) is 2.16. The van der Waals surface area contributed by atoms with Gasteiger partial charge in [-0.15, -0.1) is 0 Å². The van der Waals surface area contributed by atoms with Crippen LogP contribution >= 0.6 is 0 Å². The van der Waals surface area contributed by atoms with E-state index in [1.807, 2.05) is 48.5 Å². The minimum Gasteiger partial charge on any atom is -0.365 e. The maximum atomic E-state index is 12.7. The van der Waals surface area contributed by atoms with Gasteiger partial charge >= 0.3 is 0 Å². The molecule has 1 heterocycles. The molecule has 0 saturated heterocycles. The van der Waals surface area contributed by atoms with E-state index in [1.165, 1.54) is 0 Å². The van der Waals surface area contributed by atoms with E-state index in [0.717, 1.165) is 16.8 Å². The summed E-state index contributed by atoms with van der Waals surface area (Å²) in [5.74, 6) is 0. The molecule has 4 rings (SSSR count). The van der Waals surface area contributed by atoms with E-state index in [0.29, 0.717) is 30.8 Å². The maximum Gasteiger partial charge on any atom is 0.299 e. The molecule has 0 amide bonds. The average molecular weight is 419 g/mol. The van der Waals surface area contributed by atoms with E-state index >= 15 is 0 Å². The number of nitriles is 1. The number of hydrogen-bond acceptors (Lipinski definition) is 4. The van der Waals surface area contributed by atoms with Crippen LogP contribution in [-0.4, -0.2) is 21.0 Å². The Morgan fingerprint density at radius 1 is 1.00 bits per heavy atom. The second-order valence-electron chi connectivity index (χ2n) is 7.31. The fraction of sp³-hybridized carbons (Fsp3) is 0.174. The first kappa shape index (κ1) is 20.0. The van der Waals surface area contributed by atoms with Crippen LogP contribution in [0.3, 0.4) is 0 Å². The normalized spacial score (nSPS) is 15.8. The van der Waals surface area contributed by atoms with Crippen molar-refractivity contribution in [3.8, 4) is 6.07 Å². The Bertz CT molecular complexity index is 1160. The van der Waals surface area contributed by atoms with Crippen molar-refractivity contribution in [1.82, 2.24) is 4.72 Å². The van der Waals surface area contributed by atoms with Crippen molar-refractivity contribution in [1.29, 1.82) is 5.26 Å². The lowest BCUT2D eigenvalue weighted by Gasteiger charge is -2.36. The highest BCUT2D eigenvalue weighted by molar-refractivity contribution is 7.90. The minimum atomic E-state index is -3.74. The van der Waals surface area contributed by atoms with Crippen LogP contribution in [0.5, 0.6) is 0 Å². The molecule has 0 aliphatic carbocycles. The Balaban J connectivity index is 1.58. The summed E-state index contributed by atoms with van der Waals surface area (Å²) in [6.07, 6.45) is 0.520. The van der Waals surface area contributed by atoms with Crippen molar-refractivity contribution in [2.24, 2.45) is 0 Å². The molecule has 1 unspecified atom stereocenters. The first-order valence-corrected chi connectivity index (χ1v) is 11.2. The molecule has 0 saturated carbocycles. The Labute approximate surface area is 177 Å². The smallest absolute Gasteiger partial charge is 0.299 e. The van der Waals surface area contributed by atoms with Gasteiger partial charge in [0.25, 0.3) is 10.2 Å². The minimum absolute atomic E-state index is 0.323. The molecule has 0 aromatic heterocycles. The van der Waals surface area contributed by atoms with Crippen LogP contribution in [-0.2, 0) is 23.2 Å². The van der Waals surface area contributed by atoms with Gasteiger partial charge in [-0.1, -0.05) is 48.5 Å². The van der Waals surface area contributed by atoms with Gasteiger partial charge in [0.15, 0.2) is 0 Å². The Hall–Kier alpha value is -3.34. The molecular formula is C23H22N4O2S. The molecule has 0 radical (unpaired) electrons. The average Bonchev–Trinajstić information content (AvgIpc) is 2.74. The van der Waals surface area contributed by atoms with Crippen LogP contribution in [0.1, 0.15) is 16.7 Å². The van der Waals surface area contributed by atoms with Crippen LogP contribution in [0.2, 0.25) is 0 Å². The number of nitrogens with one attached hydrogen (secondary N) is 2. The summed E-state index contributed by atoms with van der Waals surface area (Å²) >= 11 is 0. The standard InChI is InChI=1S/C23H22N4O2S/c24-15-19-11-12-23-20(13-19)14-22(17-27(23)16-18-7-3-1-4-8-18)26-30(28,29)25-21-9-5-2-6-10-21/h1-13,22,25-26H,14,16-17H2. The molecule has 0 fully saturated rings. The largest absolute Gasteiger partial charge is 0.365 e. The molecule has 2 N–H and O–H groups in total.